The SMILES string of the molecule is CCC(CN)Oc1cc2cccc(Cl)c2cc1C(=O)O. The maximum atomic E-state index is 11.4. The van der Waals surface area contributed by atoms with Crippen molar-refractivity contribution >= 4 is 28.3 Å². The highest BCUT2D eigenvalue weighted by atomic mass is 35.5. The molecule has 3 N–H and O–H groups in total. The van der Waals surface area contributed by atoms with Crippen LogP contribution in [-0.2, 0) is 0 Å². The Morgan fingerprint density at radius 1 is 1.45 bits per heavy atom. The zero-order valence-corrected chi connectivity index (χ0v) is 11.9. The van der Waals surface area contributed by atoms with E-state index in [9.17, 15) is 9.90 Å². The molecule has 2 rings (SSSR count). The molecule has 0 aliphatic rings. The number of rotatable bonds is 5. The van der Waals surface area contributed by atoms with E-state index < -0.39 is 5.97 Å². The smallest absolute Gasteiger partial charge is 0.339 e. The van der Waals surface area contributed by atoms with Gasteiger partial charge in [0.2, 0.25) is 0 Å². The van der Waals surface area contributed by atoms with Crippen molar-refractivity contribution in [1.29, 1.82) is 0 Å². The van der Waals surface area contributed by atoms with Crippen LogP contribution < -0.4 is 10.5 Å². The summed E-state index contributed by atoms with van der Waals surface area (Å²) in [6, 6.07) is 8.64. The standard InChI is InChI=1S/C15H16ClNO3/c1-2-10(8-17)20-14-6-9-4-3-5-13(16)11(9)7-12(14)15(18)19/h3-7,10H,2,8,17H2,1H3,(H,18,19). The number of hydrogen-bond donors (Lipinski definition) is 2. The average molecular weight is 294 g/mol. The lowest BCUT2D eigenvalue weighted by atomic mass is 10.1. The van der Waals surface area contributed by atoms with Crippen LogP contribution in [0.2, 0.25) is 5.02 Å². The molecule has 0 heterocycles. The molecular weight excluding hydrogens is 278 g/mol. The molecule has 1 atom stereocenters. The van der Waals surface area contributed by atoms with Crippen LogP contribution in [0.1, 0.15) is 23.7 Å². The predicted molar refractivity (Wildman–Crippen MR) is 79.7 cm³/mol. The van der Waals surface area contributed by atoms with Gasteiger partial charge < -0.3 is 15.6 Å². The molecule has 0 spiro atoms. The van der Waals surface area contributed by atoms with Gasteiger partial charge in [0, 0.05) is 17.0 Å². The summed E-state index contributed by atoms with van der Waals surface area (Å²) in [5.74, 6) is -0.724. The molecule has 5 heteroatoms. The second kappa shape index (κ2) is 6.11. The monoisotopic (exact) mass is 293 g/mol. The van der Waals surface area contributed by atoms with Crippen molar-refractivity contribution in [2.45, 2.75) is 19.4 Å². The van der Waals surface area contributed by atoms with E-state index in [4.69, 9.17) is 22.1 Å². The molecule has 0 aliphatic heterocycles. The Hall–Kier alpha value is -1.78. The topological polar surface area (TPSA) is 72.5 Å². The van der Waals surface area contributed by atoms with Gasteiger partial charge in [-0.2, -0.15) is 0 Å². The van der Waals surface area contributed by atoms with E-state index in [1.807, 2.05) is 19.1 Å². The van der Waals surface area contributed by atoms with Crippen molar-refractivity contribution in [3.05, 3.63) is 40.9 Å². The highest BCUT2D eigenvalue weighted by Gasteiger charge is 2.16. The highest BCUT2D eigenvalue weighted by molar-refractivity contribution is 6.35. The van der Waals surface area contributed by atoms with Crippen molar-refractivity contribution < 1.29 is 14.6 Å². The quantitative estimate of drug-likeness (QED) is 0.887. The molecule has 4 nitrogen and oxygen atoms in total. The normalized spacial score (nSPS) is 12.3. The van der Waals surface area contributed by atoms with Crippen molar-refractivity contribution in [2.75, 3.05) is 6.54 Å². The first-order valence-corrected chi connectivity index (χ1v) is 6.77. The van der Waals surface area contributed by atoms with E-state index in [0.29, 0.717) is 29.1 Å². The van der Waals surface area contributed by atoms with E-state index in [2.05, 4.69) is 0 Å². The number of ether oxygens (including phenoxy) is 1. The fourth-order valence-corrected chi connectivity index (χ4v) is 2.25. The van der Waals surface area contributed by atoms with Crippen molar-refractivity contribution in [3.63, 3.8) is 0 Å². The van der Waals surface area contributed by atoms with Crippen LogP contribution in [0.25, 0.3) is 10.8 Å². The van der Waals surface area contributed by atoms with Crippen LogP contribution >= 0.6 is 11.6 Å². The van der Waals surface area contributed by atoms with Crippen molar-refractivity contribution in [3.8, 4) is 5.75 Å². The molecule has 0 saturated heterocycles. The maximum Gasteiger partial charge on any atom is 0.339 e. The first kappa shape index (κ1) is 14.6. The van der Waals surface area contributed by atoms with Crippen LogP contribution in [-0.4, -0.2) is 23.7 Å². The molecule has 0 bridgehead atoms. The lowest BCUT2D eigenvalue weighted by Crippen LogP contribution is -2.26. The van der Waals surface area contributed by atoms with E-state index in [1.54, 1.807) is 18.2 Å². The van der Waals surface area contributed by atoms with Gasteiger partial charge in [0.15, 0.2) is 0 Å². The second-order valence-corrected chi connectivity index (χ2v) is 4.91. The largest absolute Gasteiger partial charge is 0.488 e. The molecule has 1 unspecified atom stereocenters. The molecule has 106 valence electrons. The van der Waals surface area contributed by atoms with Crippen LogP contribution in [0.5, 0.6) is 5.75 Å². The number of hydrogen-bond acceptors (Lipinski definition) is 3. The average Bonchev–Trinajstić information content (AvgIpc) is 2.44. The minimum Gasteiger partial charge on any atom is -0.488 e. The van der Waals surface area contributed by atoms with Gasteiger partial charge in [-0.3, -0.25) is 0 Å². The minimum absolute atomic E-state index is 0.0949. The van der Waals surface area contributed by atoms with Gasteiger partial charge in [0.25, 0.3) is 0 Å². The predicted octanol–water partition coefficient (Wildman–Crippen LogP) is 3.31. The van der Waals surface area contributed by atoms with E-state index >= 15 is 0 Å². The van der Waals surface area contributed by atoms with Gasteiger partial charge in [-0.1, -0.05) is 30.7 Å². The Morgan fingerprint density at radius 3 is 2.80 bits per heavy atom. The summed E-state index contributed by atoms with van der Waals surface area (Å²) < 4.78 is 5.70. The number of benzene rings is 2. The van der Waals surface area contributed by atoms with Crippen LogP contribution in [0.4, 0.5) is 0 Å². The molecule has 0 fully saturated rings. The van der Waals surface area contributed by atoms with Gasteiger partial charge in [0.05, 0.1) is 0 Å². The van der Waals surface area contributed by atoms with Crippen LogP contribution in [0.15, 0.2) is 30.3 Å². The zero-order valence-electron chi connectivity index (χ0n) is 11.1. The lowest BCUT2D eigenvalue weighted by Gasteiger charge is -2.18. The van der Waals surface area contributed by atoms with Gasteiger partial charge in [0.1, 0.15) is 17.4 Å². The Labute approximate surface area is 122 Å². The molecule has 0 aromatic heterocycles. The second-order valence-electron chi connectivity index (χ2n) is 4.50. The first-order chi connectivity index (χ1) is 9.56. The fourth-order valence-electron chi connectivity index (χ4n) is 2.01. The third kappa shape index (κ3) is 2.86. The van der Waals surface area contributed by atoms with E-state index in [0.717, 1.165) is 5.39 Å². The van der Waals surface area contributed by atoms with Crippen molar-refractivity contribution in [1.82, 2.24) is 0 Å². The fraction of sp³-hybridized carbons (Fsp3) is 0.267. The molecule has 0 amide bonds. The molecular formula is C15H16ClNO3. The zero-order chi connectivity index (χ0) is 14.7. The third-order valence-corrected chi connectivity index (χ3v) is 3.50. The summed E-state index contributed by atoms with van der Waals surface area (Å²) in [4.78, 5) is 11.4. The number of aromatic carboxylic acids is 1. The number of carboxylic acids is 1. The summed E-state index contributed by atoms with van der Waals surface area (Å²) in [6.45, 7) is 2.28. The van der Waals surface area contributed by atoms with E-state index in [1.165, 1.54) is 0 Å². The Balaban J connectivity index is 2.57. The molecule has 2 aromatic rings. The first-order valence-electron chi connectivity index (χ1n) is 6.39. The number of halogens is 1. The molecule has 0 aliphatic carbocycles. The molecule has 2 aromatic carbocycles. The Morgan fingerprint density at radius 2 is 2.20 bits per heavy atom. The summed E-state index contributed by atoms with van der Waals surface area (Å²) in [6.07, 6.45) is 0.508. The molecule has 0 radical (unpaired) electrons. The minimum atomic E-state index is -1.05. The maximum absolute atomic E-state index is 11.4. The lowest BCUT2D eigenvalue weighted by molar-refractivity contribution is 0.0689. The van der Waals surface area contributed by atoms with Crippen LogP contribution in [0.3, 0.4) is 0 Å². The Kier molecular flexibility index (Phi) is 4.47. The number of carboxylic acid groups (broad SMARTS) is 1. The summed E-state index contributed by atoms with van der Waals surface area (Å²) in [5.41, 5.74) is 5.70. The van der Waals surface area contributed by atoms with Crippen LogP contribution in [0, 0.1) is 0 Å². The van der Waals surface area contributed by atoms with Gasteiger partial charge in [-0.25, -0.2) is 4.79 Å². The summed E-state index contributed by atoms with van der Waals surface area (Å²) in [7, 11) is 0. The summed E-state index contributed by atoms with van der Waals surface area (Å²) in [5, 5.41) is 11.4. The van der Waals surface area contributed by atoms with Gasteiger partial charge >= 0.3 is 5.97 Å². The number of nitrogens with two attached hydrogens (primary N) is 1. The Bertz CT molecular complexity index is 638. The number of fused-ring (bicyclic) bond motifs is 1. The number of carbonyl (C=O) groups is 1. The van der Waals surface area contributed by atoms with Crippen molar-refractivity contribution in [2.24, 2.45) is 5.73 Å². The van der Waals surface area contributed by atoms with Gasteiger partial charge in [-0.15, -0.1) is 0 Å². The third-order valence-electron chi connectivity index (χ3n) is 3.17. The van der Waals surface area contributed by atoms with E-state index in [-0.39, 0.29) is 11.7 Å². The summed E-state index contributed by atoms with van der Waals surface area (Å²) >= 11 is 6.09. The molecule has 20 heavy (non-hydrogen) atoms. The van der Waals surface area contributed by atoms with Gasteiger partial charge in [-0.05, 0) is 30.0 Å². The highest BCUT2D eigenvalue weighted by Crippen LogP contribution is 2.31. The molecule has 0 saturated carbocycles.